The summed E-state index contributed by atoms with van der Waals surface area (Å²) in [4.78, 5) is 2.27. The molecule has 94 valence electrons. The van der Waals surface area contributed by atoms with E-state index >= 15 is 0 Å². The number of nitrogens with zero attached hydrogens (tertiary/aromatic N) is 1. The Morgan fingerprint density at radius 2 is 2.29 bits per heavy atom. The highest BCUT2D eigenvalue weighted by molar-refractivity contribution is 9.08. The Balaban J connectivity index is 2.19. The van der Waals surface area contributed by atoms with Crippen LogP contribution < -0.4 is 4.90 Å². The first kappa shape index (κ1) is 13.2. The van der Waals surface area contributed by atoms with Gasteiger partial charge in [0.25, 0.3) is 0 Å². The van der Waals surface area contributed by atoms with Crippen LogP contribution in [0.4, 0.5) is 5.69 Å². The van der Waals surface area contributed by atoms with E-state index in [4.69, 9.17) is 16.3 Å². The molecule has 0 spiro atoms. The molecule has 2 rings (SSSR count). The van der Waals surface area contributed by atoms with E-state index in [0.29, 0.717) is 6.04 Å². The van der Waals surface area contributed by atoms with Gasteiger partial charge in [-0.2, -0.15) is 0 Å². The van der Waals surface area contributed by atoms with Gasteiger partial charge in [-0.3, -0.25) is 0 Å². The third-order valence-corrected chi connectivity index (χ3v) is 4.38. The van der Waals surface area contributed by atoms with Gasteiger partial charge in [0.2, 0.25) is 0 Å². The standard InChI is InChI=1S/C13H17BrClNO/c1-9-13(5-6-17-9)16(2)11-4-3-10(8-14)12(15)7-11/h3-4,7,9,13H,5-6,8H2,1-2H3. The Labute approximate surface area is 116 Å². The summed E-state index contributed by atoms with van der Waals surface area (Å²) in [5.74, 6) is 0. The summed E-state index contributed by atoms with van der Waals surface area (Å²) in [7, 11) is 2.11. The number of alkyl halides is 1. The summed E-state index contributed by atoms with van der Waals surface area (Å²) in [6.07, 6.45) is 1.37. The van der Waals surface area contributed by atoms with E-state index < -0.39 is 0 Å². The Morgan fingerprint density at radius 1 is 1.53 bits per heavy atom. The molecular formula is C13H17BrClNO. The second kappa shape index (κ2) is 5.59. The number of rotatable bonds is 3. The average Bonchev–Trinajstić information content (AvgIpc) is 2.74. The van der Waals surface area contributed by atoms with Gasteiger partial charge in [0, 0.05) is 29.7 Å². The zero-order valence-corrected chi connectivity index (χ0v) is 12.5. The molecule has 1 aromatic rings. The second-order valence-corrected chi connectivity index (χ2v) is 5.42. The summed E-state index contributed by atoms with van der Waals surface area (Å²) in [6.45, 7) is 2.98. The highest BCUT2D eigenvalue weighted by Gasteiger charge is 2.28. The van der Waals surface area contributed by atoms with Crippen LogP contribution in [0.5, 0.6) is 0 Å². The zero-order chi connectivity index (χ0) is 12.4. The number of hydrogen-bond acceptors (Lipinski definition) is 2. The monoisotopic (exact) mass is 317 g/mol. The van der Waals surface area contributed by atoms with Crippen molar-refractivity contribution < 1.29 is 4.74 Å². The van der Waals surface area contributed by atoms with Crippen molar-refractivity contribution >= 4 is 33.2 Å². The second-order valence-electron chi connectivity index (χ2n) is 4.45. The van der Waals surface area contributed by atoms with Crippen LogP contribution in [0.15, 0.2) is 18.2 Å². The third kappa shape index (κ3) is 2.78. The summed E-state index contributed by atoms with van der Waals surface area (Å²) in [6, 6.07) is 6.67. The van der Waals surface area contributed by atoms with Crippen molar-refractivity contribution in [3.05, 3.63) is 28.8 Å². The van der Waals surface area contributed by atoms with Gasteiger partial charge < -0.3 is 9.64 Å². The van der Waals surface area contributed by atoms with Crippen molar-refractivity contribution in [3.63, 3.8) is 0 Å². The Hall–Kier alpha value is -0.250. The summed E-state index contributed by atoms with van der Waals surface area (Å²) >= 11 is 9.66. The first-order chi connectivity index (χ1) is 8.13. The van der Waals surface area contributed by atoms with Gasteiger partial charge in [-0.25, -0.2) is 0 Å². The lowest BCUT2D eigenvalue weighted by atomic mass is 10.1. The SMILES string of the molecule is CC1OCCC1N(C)c1ccc(CBr)c(Cl)c1. The number of likely N-dealkylation sites (N-methyl/N-ethyl adjacent to an activating group) is 1. The fraction of sp³-hybridized carbons (Fsp3) is 0.538. The molecule has 0 aliphatic carbocycles. The van der Waals surface area contributed by atoms with Crippen LogP contribution in [-0.2, 0) is 10.1 Å². The van der Waals surface area contributed by atoms with Gasteiger partial charge >= 0.3 is 0 Å². The predicted molar refractivity (Wildman–Crippen MR) is 76.3 cm³/mol. The number of ether oxygens (including phenoxy) is 1. The molecule has 0 amide bonds. The van der Waals surface area contributed by atoms with Crippen LogP contribution in [-0.4, -0.2) is 25.8 Å². The lowest BCUT2D eigenvalue weighted by molar-refractivity contribution is 0.118. The molecule has 0 saturated carbocycles. The van der Waals surface area contributed by atoms with E-state index in [0.717, 1.165) is 34.6 Å². The van der Waals surface area contributed by atoms with E-state index in [2.05, 4.69) is 46.9 Å². The maximum atomic E-state index is 6.23. The Bertz CT molecular complexity index is 399. The average molecular weight is 319 g/mol. The molecule has 4 heteroatoms. The normalized spacial score (nSPS) is 24.0. The molecule has 0 aromatic heterocycles. The van der Waals surface area contributed by atoms with Gasteiger partial charge in [-0.1, -0.05) is 33.6 Å². The smallest absolute Gasteiger partial charge is 0.0750 e. The molecule has 0 radical (unpaired) electrons. The van der Waals surface area contributed by atoms with E-state index in [-0.39, 0.29) is 6.10 Å². The van der Waals surface area contributed by atoms with Gasteiger partial charge in [0.1, 0.15) is 0 Å². The van der Waals surface area contributed by atoms with Gasteiger partial charge in [0.15, 0.2) is 0 Å². The summed E-state index contributed by atoms with van der Waals surface area (Å²) in [5, 5.41) is 1.61. The van der Waals surface area contributed by atoms with E-state index in [9.17, 15) is 0 Å². The lowest BCUT2D eigenvalue weighted by Gasteiger charge is -2.29. The summed E-state index contributed by atoms with van der Waals surface area (Å²) in [5.41, 5.74) is 2.28. The Kier molecular flexibility index (Phi) is 4.34. The molecule has 1 fully saturated rings. The van der Waals surface area contributed by atoms with E-state index in [1.165, 1.54) is 0 Å². The molecule has 1 heterocycles. The van der Waals surface area contributed by atoms with Gasteiger partial charge in [-0.15, -0.1) is 0 Å². The number of benzene rings is 1. The quantitative estimate of drug-likeness (QED) is 0.785. The van der Waals surface area contributed by atoms with Crippen molar-refractivity contribution in [1.29, 1.82) is 0 Å². The molecule has 17 heavy (non-hydrogen) atoms. The van der Waals surface area contributed by atoms with Crippen LogP contribution in [0.25, 0.3) is 0 Å². The molecule has 0 N–H and O–H groups in total. The molecule has 2 nitrogen and oxygen atoms in total. The topological polar surface area (TPSA) is 12.5 Å². The van der Waals surface area contributed by atoms with Crippen molar-refractivity contribution in [3.8, 4) is 0 Å². The maximum Gasteiger partial charge on any atom is 0.0750 e. The maximum absolute atomic E-state index is 6.23. The molecule has 1 aliphatic heterocycles. The van der Waals surface area contributed by atoms with Crippen LogP contribution in [0.2, 0.25) is 5.02 Å². The van der Waals surface area contributed by atoms with E-state index in [1.54, 1.807) is 0 Å². The molecule has 1 aliphatic rings. The fourth-order valence-corrected chi connectivity index (χ4v) is 3.18. The molecule has 2 unspecified atom stereocenters. The number of halogens is 2. The minimum Gasteiger partial charge on any atom is -0.376 e. The van der Waals surface area contributed by atoms with Crippen LogP contribution in [0, 0.1) is 0 Å². The van der Waals surface area contributed by atoms with Crippen molar-refractivity contribution in [2.75, 3.05) is 18.6 Å². The Morgan fingerprint density at radius 3 is 2.82 bits per heavy atom. The highest BCUT2D eigenvalue weighted by Crippen LogP contribution is 2.28. The molecule has 1 saturated heterocycles. The van der Waals surface area contributed by atoms with Crippen molar-refractivity contribution in [2.45, 2.75) is 30.8 Å². The molecule has 1 aromatic carbocycles. The summed E-state index contributed by atoms with van der Waals surface area (Å²) < 4.78 is 5.60. The van der Waals surface area contributed by atoms with Gasteiger partial charge in [0.05, 0.1) is 12.1 Å². The number of hydrogen-bond donors (Lipinski definition) is 0. The first-order valence-electron chi connectivity index (χ1n) is 5.82. The third-order valence-electron chi connectivity index (χ3n) is 3.42. The molecule has 2 atom stereocenters. The van der Waals surface area contributed by atoms with Gasteiger partial charge in [-0.05, 0) is 31.0 Å². The molecular weight excluding hydrogens is 302 g/mol. The zero-order valence-electron chi connectivity index (χ0n) is 10.1. The molecule has 0 bridgehead atoms. The van der Waals surface area contributed by atoms with Crippen LogP contribution >= 0.6 is 27.5 Å². The predicted octanol–water partition coefficient (Wildman–Crippen LogP) is 3.85. The lowest BCUT2D eigenvalue weighted by Crippen LogP contribution is -2.36. The van der Waals surface area contributed by atoms with Crippen LogP contribution in [0.1, 0.15) is 18.9 Å². The minimum absolute atomic E-state index is 0.287. The largest absolute Gasteiger partial charge is 0.376 e. The van der Waals surface area contributed by atoms with Crippen molar-refractivity contribution in [2.24, 2.45) is 0 Å². The van der Waals surface area contributed by atoms with Crippen LogP contribution in [0.3, 0.4) is 0 Å². The number of anilines is 1. The van der Waals surface area contributed by atoms with E-state index in [1.807, 2.05) is 6.07 Å². The highest BCUT2D eigenvalue weighted by atomic mass is 79.9. The fourth-order valence-electron chi connectivity index (χ4n) is 2.28. The first-order valence-corrected chi connectivity index (χ1v) is 7.32. The van der Waals surface area contributed by atoms with Crippen molar-refractivity contribution in [1.82, 2.24) is 0 Å². The minimum atomic E-state index is 0.287.